The molecule has 0 aliphatic heterocycles. The molecule has 1 atom stereocenters. The van der Waals surface area contributed by atoms with Crippen molar-refractivity contribution in [2.24, 2.45) is 0 Å². The van der Waals surface area contributed by atoms with Crippen LogP contribution in [0.5, 0.6) is 0 Å². The molecule has 0 bridgehead atoms. The van der Waals surface area contributed by atoms with E-state index < -0.39 is 0 Å². The van der Waals surface area contributed by atoms with Crippen molar-refractivity contribution in [1.82, 2.24) is 15.5 Å². The summed E-state index contributed by atoms with van der Waals surface area (Å²) < 4.78 is 5.16. The summed E-state index contributed by atoms with van der Waals surface area (Å²) >= 11 is 6.08. The third-order valence-corrected chi connectivity index (χ3v) is 3.50. The van der Waals surface area contributed by atoms with Crippen molar-refractivity contribution in [3.05, 3.63) is 35.2 Å². The van der Waals surface area contributed by atoms with Gasteiger partial charge in [0.05, 0.1) is 5.02 Å². The summed E-state index contributed by atoms with van der Waals surface area (Å²) in [5.41, 5.74) is 0.721. The molecule has 0 aliphatic rings. The van der Waals surface area contributed by atoms with Gasteiger partial charge in [-0.15, -0.1) is 0 Å². The molecule has 0 fully saturated rings. The van der Waals surface area contributed by atoms with E-state index in [2.05, 4.69) is 15.5 Å². The van der Waals surface area contributed by atoms with Gasteiger partial charge < -0.3 is 9.84 Å². The molecule has 1 amide bonds. The third kappa shape index (κ3) is 4.29. The summed E-state index contributed by atoms with van der Waals surface area (Å²) in [4.78, 5) is 16.0. The van der Waals surface area contributed by atoms with E-state index in [-0.39, 0.29) is 11.9 Å². The number of amides is 1. The van der Waals surface area contributed by atoms with E-state index in [4.69, 9.17) is 16.1 Å². The molecule has 1 aromatic heterocycles. The Bertz CT molecular complexity index is 612. The Morgan fingerprint density at radius 2 is 2.19 bits per heavy atom. The van der Waals surface area contributed by atoms with Crippen LogP contribution < -0.4 is 5.32 Å². The molecule has 2 rings (SSSR count). The fourth-order valence-electron chi connectivity index (χ4n) is 1.78. The summed E-state index contributed by atoms with van der Waals surface area (Å²) in [5.74, 6) is 0.865. The molecule has 1 aromatic carbocycles. The van der Waals surface area contributed by atoms with Gasteiger partial charge in [-0.1, -0.05) is 35.8 Å². The van der Waals surface area contributed by atoms with Gasteiger partial charge in [-0.3, -0.25) is 4.79 Å². The average molecular weight is 308 g/mol. The van der Waals surface area contributed by atoms with Crippen molar-refractivity contribution < 1.29 is 9.32 Å². The third-order valence-electron chi connectivity index (χ3n) is 3.17. The van der Waals surface area contributed by atoms with E-state index in [1.165, 1.54) is 0 Å². The van der Waals surface area contributed by atoms with Crippen LogP contribution in [0.15, 0.2) is 28.8 Å². The minimum absolute atomic E-state index is 0.0122. The highest BCUT2D eigenvalue weighted by molar-refractivity contribution is 6.33. The molecule has 0 radical (unpaired) electrons. The van der Waals surface area contributed by atoms with E-state index in [1.807, 2.05) is 32.0 Å². The molecule has 112 valence electrons. The van der Waals surface area contributed by atoms with Crippen molar-refractivity contribution in [3.63, 3.8) is 0 Å². The lowest BCUT2D eigenvalue weighted by molar-refractivity contribution is -0.121. The van der Waals surface area contributed by atoms with Crippen LogP contribution in [0.2, 0.25) is 5.02 Å². The molecule has 6 heteroatoms. The second-order valence-electron chi connectivity index (χ2n) is 4.87. The smallest absolute Gasteiger partial charge is 0.227 e. The molecule has 0 saturated carbocycles. The summed E-state index contributed by atoms with van der Waals surface area (Å²) in [6, 6.07) is 7.47. The zero-order valence-corrected chi connectivity index (χ0v) is 12.9. The van der Waals surface area contributed by atoms with E-state index in [0.29, 0.717) is 29.6 Å². The highest BCUT2D eigenvalue weighted by Crippen LogP contribution is 2.24. The number of halogens is 1. The number of hydrogen-bond donors (Lipinski definition) is 1. The maximum absolute atomic E-state index is 11.7. The molecule has 0 unspecified atom stereocenters. The fourth-order valence-corrected chi connectivity index (χ4v) is 2.00. The first-order valence-corrected chi connectivity index (χ1v) is 7.34. The Morgan fingerprint density at radius 3 is 2.90 bits per heavy atom. The van der Waals surface area contributed by atoms with Crippen LogP contribution >= 0.6 is 11.6 Å². The summed E-state index contributed by atoms with van der Waals surface area (Å²) in [6.45, 7) is 4.00. The molecule has 21 heavy (non-hydrogen) atoms. The van der Waals surface area contributed by atoms with E-state index in [9.17, 15) is 4.79 Å². The second-order valence-corrected chi connectivity index (χ2v) is 5.28. The number of nitrogens with one attached hydrogen (secondary N) is 1. The fraction of sp³-hybridized carbons (Fsp3) is 0.400. The van der Waals surface area contributed by atoms with Crippen LogP contribution in [0.3, 0.4) is 0 Å². The predicted octanol–water partition coefficient (Wildman–Crippen LogP) is 3.24. The molecule has 0 aliphatic carbocycles. The number of rotatable bonds is 6. The number of carbonyl (C=O) groups is 1. The van der Waals surface area contributed by atoms with Crippen LogP contribution in [0.1, 0.15) is 32.6 Å². The predicted molar refractivity (Wildman–Crippen MR) is 81.0 cm³/mol. The van der Waals surface area contributed by atoms with E-state index in [0.717, 1.165) is 12.0 Å². The average Bonchev–Trinajstić information content (AvgIpc) is 2.94. The number of hydrogen-bond acceptors (Lipinski definition) is 4. The SMILES string of the molecule is CC[C@@H](C)NC(=O)CCc1nc(-c2ccccc2Cl)no1. The highest BCUT2D eigenvalue weighted by atomic mass is 35.5. The summed E-state index contributed by atoms with van der Waals surface area (Å²) in [7, 11) is 0. The van der Waals surface area contributed by atoms with Gasteiger partial charge >= 0.3 is 0 Å². The van der Waals surface area contributed by atoms with Crippen LogP contribution in [-0.4, -0.2) is 22.1 Å². The van der Waals surface area contributed by atoms with Crippen molar-refractivity contribution in [2.45, 2.75) is 39.2 Å². The molecule has 0 saturated heterocycles. The van der Waals surface area contributed by atoms with Crippen LogP contribution in [0.25, 0.3) is 11.4 Å². The largest absolute Gasteiger partial charge is 0.354 e. The van der Waals surface area contributed by atoms with E-state index in [1.54, 1.807) is 6.07 Å². The van der Waals surface area contributed by atoms with Gasteiger partial charge in [0.1, 0.15) is 0 Å². The Kier molecular flexibility index (Phi) is 5.33. The second kappa shape index (κ2) is 7.22. The maximum atomic E-state index is 11.7. The Morgan fingerprint density at radius 1 is 1.43 bits per heavy atom. The zero-order valence-electron chi connectivity index (χ0n) is 12.1. The standard InChI is InChI=1S/C15H18ClN3O2/c1-3-10(2)17-13(20)8-9-14-18-15(19-21-14)11-6-4-5-7-12(11)16/h4-7,10H,3,8-9H2,1-2H3,(H,17,20)/t10-/m1/s1. The minimum Gasteiger partial charge on any atom is -0.354 e. The van der Waals surface area contributed by atoms with E-state index >= 15 is 0 Å². The highest BCUT2D eigenvalue weighted by Gasteiger charge is 2.13. The monoisotopic (exact) mass is 307 g/mol. The molecule has 1 N–H and O–H groups in total. The molecular weight excluding hydrogens is 290 g/mol. The van der Waals surface area contributed by atoms with Crippen molar-refractivity contribution in [1.29, 1.82) is 0 Å². The van der Waals surface area contributed by atoms with Crippen LogP contribution in [0.4, 0.5) is 0 Å². The number of nitrogens with zero attached hydrogens (tertiary/aromatic N) is 2. The first-order chi connectivity index (χ1) is 10.1. The van der Waals surface area contributed by atoms with Crippen molar-refractivity contribution in [3.8, 4) is 11.4 Å². The van der Waals surface area contributed by atoms with Gasteiger partial charge in [-0.2, -0.15) is 4.98 Å². The number of aryl methyl sites for hydroxylation is 1. The summed E-state index contributed by atoms with van der Waals surface area (Å²) in [5, 5.41) is 7.37. The van der Waals surface area contributed by atoms with Gasteiger partial charge in [-0.05, 0) is 25.5 Å². The van der Waals surface area contributed by atoms with Crippen LogP contribution in [0, 0.1) is 0 Å². The first-order valence-electron chi connectivity index (χ1n) is 6.97. The normalized spacial score (nSPS) is 12.1. The van der Waals surface area contributed by atoms with Crippen molar-refractivity contribution >= 4 is 17.5 Å². The first kappa shape index (κ1) is 15.5. The Balaban J connectivity index is 1.95. The number of carbonyl (C=O) groups excluding carboxylic acids is 1. The minimum atomic E-state index is -0.0122. The molecule has 1 heterocycles. The van der Waals surface area contributed by atoms with Gasteiger partial charge in [0, 0.05) is 24.4 Å². The molecule has 2 aromatic rings. The van der Waals surface area contributed by atoms with Gasteiger partial charge in [0.25, 0.3) is 0 Å². The van der Waals surface area contributed by atoms with Crippen LogP contribution in [-0.2, 0) is 11.2 Å². The van der Waals surface area contributed by atoms with Gasteiger partial charge in [0.15, 0.2) is 0 Å². The lowest BCUT2D eigenvalue weighted by Crippen LogP contribution is -2.32. The molecule has 0 spiro atoms. The van der Waals surface area contributed by atoms with Gasteiger partial charge in [-0.25, -0.2) is 0 Å². The van der Waals surface area contributed by atoms with Gasteiger partial charge in [0.2, 0.25) is 17.6 Å². The lowest BCUT2D eigenvalue weighted by Gasteiger charge is -2.10. The quantitative estimate of drug-likeness (QED) is 0.889. The molecule has 5 nitrogen and oxygen atoms in total. The topological polar surface area (TPSA) is 68.0 Å². The molecular formula is C15H18ClN3O2. The lowest BCUT2D eigenvalue weighted by atomic mass is 10.2. The zero-order chi connectivity index (χ0) is 15.2. The number of aromatic nitrogens is 2. The Labute approximate surface area is 128 Å². The maximum Gasteiger partial charge on any atom is 0.227 e. The summed E-state index contributed by atoms with van der Waals surface area (Å²) in [6.07, 6.45) is 1.65. The number of benzene rings is 1. The van der Waals surface area contributed by atoms with Crippen molar-refractivity contribution in [2.75, 3.05) is 0 Å². The Hall–Kier alpha value is -1.88.